The van der Waals surface area contributed by atoms with Gasteiger partial charge in [0.2, 0.25) is 0 Å². The molecule has 0 aliphatic heterocycles. The molecule has 1 N–H and O–H groups in total. The summed E-state index contributed by atoms with van der Waals surface area (Å²) in [5.41, 5.74) is 2.02. The normalized spacial score (nSPS) is 12.1. The average molecular weight is 243 g/mol. The van der Waals surface area contributed by atoms with Crippen LogP contribution in [0.1, 0.15) is 23.7 Å². The van der Waals surface area contributed by atoms with Crippen molar-refractivity contribution in [2.45, 2.75) is 18.9 Å². The highest BCUT2D eigenvalue weighted by atomic mass is 16.5. The lowest BCUT2D eigenvalue weighted by molar-refractivity contribution is 0.163. The fourth-order valence-corrected chi connectivity index (χ4v) is 1.95. The largest absolute Gasteiger partial charge is 0.496 e. The van der Waals surface area contributed by atoms with Gasteiger partial charge in [-0.25, -0.2) is 0 Å². The van der Waals surface area contributed by atoms with Gasteiger partial charge in [0.05, 0.1) is 13.2 Å². The zero-order valence-electron chi connectivity index (χ0n) is 10.4. The maximum Gasteiger partial charge on any atom is 0.124 e. The zero-order valence-corrected chi connectivity index (χ0v) is 10.4. The summed E-state index contributed by atoms with van der Waals surface area (Å²) in [6, 6.07) is 11.5. The van der Waals surface area contributed by atoms with E-state index in [9.17, 15) is 5.11 Å². The van der Waals surface area contributed by atoms with Crippen LogP contribution in [0.25, 0.3) is 0 Å². The number of hydrogen-bond acceptors (Lipinski definition) is 3. The Balaban J connectivity index is 2.01. The molecule has 0 aliphatic carbocycles. The molecule has 1 heterocycles. The van der Waals surface area contributed by atoms with E-state index in [1.54, 1.807) is 19.5 Å². The van der Waals surface area contributed by atoms with Crippen LogP contribution in [-0.4, -0.2) is 17.2 Å². The van der Waals surface area contributed by atoms with Crippen LogP contribution in [0.15, 0.2) is 48.8 Å². The molecule has 1 aromatic carbocycles. The lowest BCUT2D eigenvalue weighted by Gasteiger charge is -2.14. The van der Waals surface area contributed by atoms with Crippen LogP contribution in [0.3, 0.4) is 0 Å². The molecule has 0 bridgehead atoms. The smallest absolute Gasteiger partial charge is 0.124 e. The summed E-state index contributed by atoms with van der Waals surface area (Å²) in [6.07, 6.45) is 4.52. The van der Waals surface area contributed by atoms with Crippen molar-refractivity contribution in [2.75, 3.05) is 7.11 Å². The molecule has 0 saturated heterocycles. The Labute approximate surface area is 107 Å². The summed E-state index contributed by atoms with van der Waals surface area (Å²) in [6.45, 7) is 0. The Morgan fingerprint density at radius 2 is 1.89 bits per heavy atom. The third kappa shape index (κ3) is 3.08. The number of aliphatic hydroxyl groups excluding tert-OH is 1. The van der Waals surface area contributed by atoms with Gasteiger partial charge in [0.25, 0.3) is 0 Å². The van der Waals surface area contributed by atoms with Crippen LogP contribution in [-0.2, 0) is 6.42 Å². The molecule has 2 rings (SSSR count). The number of nitrogens with zero attached hydrogens (tertiary/aromatic N) is 1. The topological polar surface area (TPSA) is 42.4 Å². The SMILES string of the molecule is COc1ccccc1C(O)CCc1ccncc1. The quantitative estimate of drug-likeness (QED) is 0.878. The van der Waals surface area contributed by atoms with Gasteiger partial charge in [0, 0.05) is 18.0 Å². The molecule has 0 spiro atoms. The molecule has 94 valence electrons. The third-order valence-electron chi connectivity index (χ3n) is 2.95. The lowest BCUT2D eigenvalue weighted by Crippen LogP contribution is -2.02. The second-order valence-electron chi connectivity index (χ2n) is 4.15. The van der Waals surface area contributed by atoms with E-state index in [4.69, 9.17) is 4.74 Å². The van der Waals surface area contributed by atoms with E-state index in [1.807, 2.05) is 36.4 Å². The molecule has 3 nitrogen and oxygen atoms in total. The Morgan fingerprint density at radius 3 is 2.61 bits per heavy atom. The van der Waals surface area contributed by atoms with Crippen LogP contribution < -0.4 is 4.74 Å². The average Bonchev–Trinajstić information content (AvgIpc) is 2.45. The van der Waals surface area contributed by atoms with E-state index in [0.717, 1.165) is 17.7 Å². The minimum atomic E-state index is -0.505. The molecular formula is C15H17NO2. The van der Waals surface area contributed by atoms with Gasteiger partial charge in [-0.05, 0) is 36.6 Å². The first kappa shape index (κ1) is 12.6. The van der Waals surface area contributed by atoms with Crippen molar-refractivity contribution >= 4 is 0 Å². The molecule has 1 unspecified atom stereocenters. The van der Waals surface area contributed by atoms with Gasteiger partial charge in [-0.15, -0.1) is 0 Å². The number of pyridine rings is 1. The Morgan fingerprint density at radius 1 is 1.17 bits per heavy atom. The van der Waals surface area contributed by atoms with Gasteiger partial charge in [-0.1, -0.05) is 18.2 Å². The number of aryl methyl sites for hydroxylation is 1. The number of hydrogen-bond donors (Lipinski definition) is 1. The molecule has 18 heavy (non-hydrogen) atoms. The maximum atomic E-state index is 10.2. The number of para-hydroxylation sites is 1. The maximum absolute atomic E-state index is 10.2. The summed E-state index contributed by atoms with van der Waals surface area (Å²) >= 11 is 0. The highest BCUT2D eigenvalue weighted by molar-refractivity contribution is 5.35. The fourth-order valence-electron chi connectivity index (χ4n) is 1.95. The van der Waals surface area contributed by atoms with Gasteiger partial charge in [-0.3, -0.25) is 4.98 Å². The third-order valence-corrected chi connectivity index (χ3v) is 2.95. The first-order valence-electron chi connectivity index (χ1n) is 6.01. The summed E-state index contributed by atoms with van der Waals surface area (Å²) in [5.74, 6) is 0.736. The van der Waals surface area contributed by atoms with Crippen molar-refractivity contribution < 1.29 is 9.84 Å². The minimum absolute atomic E-state index is 0.505. The van der Waals surface area contributed by atoms with Crippen LogP contribution in [0.4, 0.5) is 0 Å². The van der Waals surface area contributed by atoms with E-state index in [1.165, 1.54) is 5.56 Å². The molecule has 1 atom stereocenters. The highest BCUT2D eigenvalue weighted by Crippen LogP contribution is 2.27. The molecule has 0 aliphatic rings. The number of rotatable bonds is 5. The van der Waals surface area contributed by atoms with Crippen LogP contribution >= 0.6 is 0 Å². The summed E-state index contributed by atoms with van der Waals surface area (Å²) in [5, 5.41) is 10.2. The van der Waals surface area contributed by atoms with Crippen LogP contribution in [0.5, 0.6) is 5.75 Å². The van der Waals surface area contributed by atoms with Crippen molar-refractivity contribution in [2.24, 2.45) is 0 Å². The van der Waals surface area contributed by atoms with Crippen LogP contribution in [0, 0.1) is 0 Å². The monoisotopic (exact) mass is 243 g/mol. The Kier molecular flexibility index (Phi) is 4.31. The van der Waals surface area contributed by atoms with E-state index in [-0.39, 0.29) is 0 Å². The molecular weight excluding hydrogens is 226 g/mol. The molecule has 1 aromatic heterocycles. The Hall–Kier alpha value is -1.87. The first-order valence-corrected chi connectivity index (χ1v) is 6.01. The van der Waals surface area contributed by atoms with Crippen molar-refractivity contribution in [3.63, 3.8) is 0 Å². The summed E-state index contributed by atoms with van der Waals surface area (Å²) < 4.78 is 5.25. The lowest BCUT2D eigenvalue weighted by atomic mass is 10.0. The van der Waals surface area contributed by atoms with Crippen molar-refractivity contribution in [1.82, 2.24) is 4.98 Å². The molecule has 2 aromatic rings. The van der Waals surface area contributed by atoms with E-state index in [2.05, 4.69) is 4.98 Å². The Bertz CT molecular complexity index is 485. The molecule has 0 amide bonds. The van der Waals surface area contributed by atoms with E-state index >= 15 is 0 Å². The van der Waals surface area contributed by atoms with Crippen molar-refractivity contribution in [1.29, 1.82) is 0 Å². The predicted octanol–water partition coefficient (Wildman–Crippen LogP) is 2.76. The number of ether oxygens (including phenoxy) is 1. The van der Waals surface area contributed by atoms with Crippen molar-refractivity contribution in [3.8, 4) is 5.75 Å². The van der Waals surface area contributed by atoms with E-state index < -0.39 is 6.10 Å². The highest BCUT2D eigenvalue weighted by Gasteiger charge is 2.12. The van der Waals surface area contributed by atoms with Gasteiger partial charge in [0.1, 0.15) is 5.75 Å². The summed E-state index contributed by atoms with van der Waals surface area (Å²) in [4.78, 5) is 3.98. The summed E-state index contributed by atoms with van der Waals surface area (Å²) in [7, 11) is 1.62. The number of aliphatic hydroxyl groups is 1. The van der Waals surface area contributed by atoms with Gasteiger partial charge in [0.15, 0.2) is 0 Å². The van der Waals surface area contributed by atoms with Crippen LogP contribution in [0.2, 0.25) is 0 Å². The van der Waals surface area contributed by atoms with Gasteiger partial charge < -0.3 is 9.84 Å². The zero-order chi connectivity index (χ0) is 12.8. The molecule has 0 fully saturated rings. The van der Waals surface area contributed by atoms with Gasteiger partial charge in [-0.2, -0.15) is 0 Å². The number of benzene rings is 1. The second-order valence-corrected chi connectivity index (χ2v) is 4.15. The number of methoxy groups -OCH3 is 1. The van der Waals surface area contributed by atoms with Crippen molar-refractivity contribution in [3.05, 3.63) is 59.9 Å². The number of aromatic nitrogens is 1. The van der Waals surface area contributed by atoms with Gasteiger partial charge >= 0.3 is 0 Å². The second kappa shape index (κ2) is 6.17. The molecule has 0 saturated carbocycles. The molecule has 3 heteroatoms. The first-order chi connectivity index (χ1) is 8.81. The minimum Gasteiger partial charge on any atom is -0.496 e. The van der Waals surface area contributed by atoms with E-state index in [0.29, 0.717) is 6.42 Å². The fraction of sp³-hybridized carbons (Fsp3) is 0.267. The predicted molar refractivity (Wildman–Crippen MR) is 70.5 cm³/mol. The molecule has 0 radical (unpaired) electrons. The standard InChI is InChI=1S/C15H17NO2/c1-18-15-5-3-2-4-13(15)14(17)7-6-12-8-10-16-11-9-12/h2-5,8-11,14,17H,6-7H2,1H3.